The SMILES string of the molecule is CN(C)c1ccc2c(c1)C1=CC(NC(=O)c3ccc4ccccc4c3)=CC=CC1O2. The van der Waals surface area contributed by atoms with Gasteiger partial charge in [-0.15, -0.1) is 0 Å². The molecule has 0 spiro atoms. The van der Waals surface area contributed by atoms with Gasteiger partial charge in [0.15, 0.2) is 0 Å². The second kappa shape index (κ2) is 7.23. The number of carbonyl (C=O) groups excluding carboxylic acids is 1. The predicted octanol–water partition coefficient (Wildman–Crippen LogP) is 4.93. The molecular formula is C26H22N2O2. The van der Waals surface area contributed by atoms with Crippen molar-refractivity contribution < 1.29 is 9.53 Å². The normalized spacial score (nSPS) is 16.7. The molecule has 2 aliphatic rings. The summed E-state index contributed by atoms with van der Waals surface area (Å²) in [7, 11) is 4.04. The van der Waals surface area contributed by atoms with Crippen LogP contribution < -0.4 is 15.0 Å². The van der Waals surface area contributed by atoms with Gasteiger partial charge >= 0.3 is 0 Å². The van der Waals surface area contributed by atoms with Crippen LogP contribution in [-0.2, 0) is 0 Å². The molecule has 0 fully saturated rings. The van der Waals surface area contributed by atoms with Gasteiger partial charge in [-0.05, 0) is 59.3 Å². The number of ether oxygens (including phenoxy) is 1. The second-order valence-electron chi connectivity index (χ2n) is 7.74. The molecule has 1 aliphatic heterocycles. The van der Waals surface area contributed by atoms with Crippen LogP contribution >= 0.6 is 0 Å². The van der Waals surface area contributed by atoms with Crippen molar-refractivity contribution in [1.82, 2.24) is 5.32 Å². The van der Waals surface area contributed by atoms with Crippen molar-refractivity contribution in [3.05, 3.63) is 102 Å². The number of amides is 1. The number of hydrogen-bond acceptors (Lipinski definition) is 3. The van der Waals surface area contributed by atoms with E-state index < -0.39 is 0 Å². The first-order chi connectivity index (χ1) is 14.6. The highest BCUT2D eigenvalue weighted by Gasteiger charge is 2.28. The second-order valence-corrected chi connectivity index (χ2v) is 7.74. The minimum absolute atomic E-state index is 0.128. The third kappa shape index (κ3) is 3.26. The van der Waals surface area contributed by atoms with E-state index in [9.17, 15) is 4.79 Å². The van der Waals surface area contributed by atoms with Crippen molar-refractivity contribution in [2.45, 2.75) is 6.10 Å². The summed E-state index contributed by atoms with van der Waals surface area (Å²) in [5.41, 5.74) is 4.60. The topological polar surface area (TPSA) is 41.6 Å². The van der Waals surface area contributed by atoms with Crippen molar-refractivity contribution in [3.8, 4) is 5.75 Å². The largest absolute Gasteiger partial charge is 0.481 e. The molecule has 1 atom stereocenters. The summed E-state index contributed by atoms with van der Waals surface area (Å²) < 4.78 is 6.09. The van der Waals surface area contributed by atoms with Crippen LogP contribution in [0.15, 0.2) is 90.7 Å². The third-order valence-electron chi connectivity index (χ3n) is 5.49. The number of rotatable bonds is 3. The fraction of sp³-hybridized carbons (Fsp3) is 0.115. The fourth-order valence-corrected chi connectivity index (χ4v) is 3.87. The van der Waals surface area contributed by atoms with Crippen molar-refractivity contribution in [2.75, 3.05) is 19.0 Å². The first-order valence-electron chi connectivity index (χ1n) is 9.97. The molecule has 1 aliphatic carbocycles. The van der Waals surface area contributed by atoms with E-state index in [4.69, 9.17) is 4.74 Å². The Morgan fingerprint density at radius 2 is 1.83 bits per heavy atom. The molecular weight excluding hydrogens is 372 g/mol. The number of benzene rings is 3. The van der Waals surface area contributed by atoms with E-state index in [0.717, 1.165) is 39.0 Å². The lowest BCUT2D eigenvalue weighted by atomic mass is 10.0. The van der Waals surface area contributed by atoms with E-state index in [1.165, 1.54) is 0 Å². The maximum Gasteiger partial charge on any atom is 0.255 e. The molecule has 0 saturated carbocycles. The highest BCUT2D eigenvalue weighted by atomic mass is 16.5. The first kappa shape index (κ1) is 18.3. The molecule has 0 radical (unpaired) electrons. The van der Waals surface area contributed by atoms with Crippen molar-refractivity contribution in [3.63, 3.8) is 0 Å². The molecule has 3 aromatic rings. The highest BCUT2D eigenvalue weighted by molar-refractivity contribution is 6.00. The molecule has 1 heterocycles. The molecule has 148 valence electrons. The van der Waals surface area contributed by atoms with Crippen LogP contribution in [0.3, 0.4) is 0 Å². The number of allylic oxidation sites excluding steroid dienone is 3. The van der Waals surface area contributed by atoms with Gasteiger partial charge in [-0.25, -0.2) is 0 Å². The molecule has 3 aromatic carbocycles. The van der Waals surface area contributed by atoms with Crippen LogP contribution in [0.5, 0.6) is 5.75 Å². The minimum atomic E-state index is -0.149. The van der Waals surface area contributed by atoms with Gasteiger partial charge in [-0.1, -0.05) is 36.4 Å². The summed E-state index contributed by atoms with van der Waals surface area (Å²) in [5.74, 6) is 0.737. The lowest BCUT2D eigenvalue weighted by molar-refractivity contribution is 0.0967. The predicted molar refractivity (Wildman–Crippen MR) is 122 cm³/mol. The summed E-state index contributed by atoms with van der Waals surface area (Å²) in [4.78, 5) is 15.0. The van der Waals surface area contributed by atoms with Crippen molar-refractivity contribution in [2.24, 2.45) is 0 Å². The van der Waals surface area contributed by atoms with Crippen LogP contribution in [0.2, 0.25) is 0 Å². The zero-order valence-electron chi connectivity index (χ0n) is 16.9. The van der Waals surface area contributed by atoms with Gasteiger partial charge in [-0.3, -0.25) is 4.79 Å². The Bertz CT molecular complexity index is 1250. The first-order valence-corrected chi connectivity index (χ1v) is 9.97. The van der Waals surface area contributed by atoms with Crippen LogP contribution in [0.1, 0.15) is 15.9 Å². The Labute approximate surface area is 175 Å². The van der Waals surface area contributed by atoms with Crippen molar-refractivity contribution in [1.29, 1.82) is 0 Å². The summed E-state index contributed by atoms with van der Waals surface area (Å²) in [6.07, 6.45) is 7.71. The average molecular weight is 394 g/mol. The lowest BCUT2D eigenvalue weighted by Crippen LogP contribution is -2.22. The lowest BCUT2D eigenvalue weighted by Gasteiger charge is -2.13. The van der Waals surface area contributed by atoms with E-state index in [1.54, 1.807) is 0 Å². The quantitative estimate of drug-likeness (QED) is 0.685. The van der Waals surface area contributed by atoms with Gasteiger partial charge < -0.3 is 15.0 Å². The van der Waals surface area contributed by atoms with Crippen LogP contribution in [0, 0.1) is 0 Å². The van der Waals surface area contributed by atoms with Crippen LogP contribution in [0.4, 0.5) is 5.69 Å². The van der Waals surface area contributed by atoms with Gasteiger partial charge in [0.1, 0.15) is 11.9 Å². The molecule has 0 saturated heterocycles. The average Bonchev–Trinajstić information content (AvgIpc) is 2.97. The van der Waals surface area contributed by atoms with Gasteiger partial charge in [0.05, 0.1) is 0 Å². The maximum absolute atomic E-state index is 12.9. The molecule has 0 aromatic heterocycles. The molecule has 4 nitrogen and oxygen atoms in total. The number of fused-ring (bicyclic) bond motifs is 4. The molecule has 0 bridgehead atoms. The van der Waals surface area contributed by atoms with E-state index in [1.807, 2.05) is 93.0 Å². The summed E-state index contributed by atoms with van der Waals surface area (Å²) >= 11 is 0. The smallest absolute Gasteiger partial charge is 0.255 e. The van der Waals surface area contributed by atoms with Crippen molar-refractivity contribution >= 4 is 27.9 Å². The van der Waals surface area contributed by atoms with Gasteiger partial charge in [0, 0.05) is 42.2 Å². The Morgan fingerprint density at radius 3 is 2.67 bits per heavy atom. The molecule has 1 unspecified atom stereocenters. The Kier molecular flexibility index (Phi) is 4.40. The molecule has 1 amide bonds. The fourth-order valence-electron chi connectivity index (χ4n) is 3.87. The van der Waals surface area contributed by atoms with Crippen LogP contribution in [-0.4, -0.2) is 26.1 Å². The molecule has 30 heavy (non-hydrogen) atoms. The van der Waals surface area contributed by atoms with Gasteiger partial charge in [0.25, 0.3) is 5.91 Å². The Morgan fingerprint density at radius 1 is 1.00 bits per heavy atom. The molecule has 5 rings (SSSR count). The highest BCUT2D eigenvalue weighted by Crippen LogP contribution is 2.41. The van der Waals surface area contributed by atoms with E-state index >= 15 is 0 Å². The molecule has 1 N–H and O–H groups in total. The number of nitrogens with one attached hydrogen (secondary N) is 1. The Hall–Kier alpha value is -3.79. The minimum Gasteiger partial charge on any atom is -0.481 e. The van der Waals surface area contributed by atoms with E-state index in [-0.39, 0.29) is 12.0 Å². The number of hydrogen-bond donors (Lipinski definition) is 1. The third-order valence-corrected chi connectivity index (χ3v) is 5.49. The number of nitrogens with zero attached hydrogens (tertiary/aromatic N) is 1. The van der Waals surface area contributed by atoms with Gasteiger partial charge in [-0.2, -0.15) is 0 Å². The van der Waals surface area contributed by atoms with E-state index in [2.05, 4.69) is 16.3 Å². The standard InChI is InChI=1S/C26H22N2O2/c1-28(2)21-12-13-25-23(16-21)22-15-20(8-5-9-24(22)30-25)27-26(29)19-11-10-17-6-3-4-7-18(17)14-19/h3-16,24H,1-2H3,(H,27,29). The monoisotopic (exact) mass is 394 g/mol. The molecule has 4 heteroatoms. The van der Waals surface area contributed by atoms with Gasteiger partial charge in [0.2, 0.25) is 0 Å². The zero-order chi connectivity index (χ0) is 20.7. The van der Waals surface area contributed by atoms with E-state index in [0.29, 0.717) is 5.56 Å². The summed E-state index contributed by atoms with van der Waals surface area (Å²) in [6.45, 7) is 0. The number of carbonyl (C=O) groups is 1. The maximum atomic E-state index is 12.9. The summed E-state index contributed by atoms with van der Waals surface area (Å²) in [6, 6.07) is 20.0. The zero-order valence-corrected chi connectivity index (χ0v) is 16.9. The summed E-state index contributed by atoms with van der Waals surface area (Å²) in [5, 5.41) is 5.22. The van der Waals surface area contributed by atoms with Crippen LogP contribution in [0.25, 0.3) is 16.3 Å². The number of anilines is 1. The Balaban J connectivity index is 1.45.